The highest BCUT2D eigenvalue weighted by Crippen LogP contribution is 2.27. The SMILES string of the molecule is NC(=NCC(F)(F)c1ccccc1)N1CCC1. The summed E-state index contributed by atoms with van der Waals surface area (Å²) in [6.07, 6.45) is 1.05. The number of alkyl halides is 2. The molecule has 2 rings (SSSR count). The van der Waals surface area contributed by atoms with Crippen LogP contribution in [0.2, 0.25) is 0 Å². The predicted octanol–water partition coefficient (Wildman–Crippen LogP) is 1.80. The molecule has 1 aliphatic heterocycles. The molecule has 92 valence electrons. The van der Waals surface area contributed by atoms with Crippen LogP contribution in [-0.4, -0.2) is 30.5 Å². The van der Waals surface area contributed by atoms with Gasteiger partial charge in [0.25, 0.3) is 5.92 Å². The van der Waals surface area contributed by atoms with Crippen molar-refractivity contribution in [3.05, 3.63) is 35.9 Å². The van der Waals surface area contributed by atoms with Gasteiger partial charge in [-0.3, -0.25) is 0 Å². The zero-order chi connectivity index (χ0) is 12.3. The van der Waals surface area contributed by atoms with E-state index < -0.39 is 12.5 Å². The monoisotopic (exact) mass is 239 g/mol. The molecule has 1 fully saturated rings. The van der Waals surface area contributed by atoms with E-state index in [0.717, 1.165) is 19.5 Å². The molecular weight excluding hydrogens is 224 g/mol. The first-order valence-electron chi connectivity index (χ1n) is 5.58. The van der Waals surface area contributed by atoms with Crippen LogP contribution in [0.5, 0.6) is 0 Å². The van der Waals surface area contributed by atoms with E-state index in [1.54, 1.807) is 23.1 Å². The zero-order valence-electron chi connectivity index (χ0n) is 9.44. The highest BCUT2D eigenvalue weighted by molar-refractivity contribution is 5.78. The number of nitrogens with zero attached hydrogens (tertiary/aromatic N) is 2. The number of aliphatic imine (C=N–C) groups is 1. The maximum Gasteiger partial charge on any atom is 0.292 e. The molecule has 1 aliphatic rings. The third-order valence-electron chi connectivity index (χ3n) is 2.82. The van der Waals surface area contributed by atoms with Crippen LogP contribution < -0.4 is 5.73 Å². The lowest BCUT2D eigenvalue weighted by Gasteiger charge is -2.32. The van der Waals surface area contributed by atoms with Crippen molar-refractivity contribution >= 4 is 5.96 Å². The van der Waals surface area contributed by atoms with Gasteiger partial charge in [-0.15, -0.1) is 0 Å². The molecular formula is C12H15F2N3. The number of hydrogen-bond donors (Lipinski definition) is 1. The van der Waals surface area contributed by atoms with Crippen molar-refractivity contribution in [1.82, 2.24) is 4.90 Å². The molecule has 0 spiro atoms. The molecule has 0 unspecified atom stereocenters. The zero-order valence-corrected chi connectivity index (χ0v) is 9.44. The van der Waals surface area contributed by atoms with E-state index >= 15 is 0 Å². The molecule has 0 bridgehead atoms. The number of rotatable bonds is 3. The Labute approximate surface area is 98.9 Å². The lowest BCUT2D eigenvalue weighted by atomic mass is 10.1. The van der Waals surface area contributed by atoms with Crippen molar-refractivity contribution in [3.63, 3.8) is 0 Å². The van der Waals surface area contributed by atoms with Gasteiger partial charge in [0.15, 0.2) is 5.96 Å². The molecule has 5 heteroatoms. The van der Waals surface area contributed by atoms with Crippen LogP contribution in [0.3, 0.4) is 0 Å². The molecule has 0 saturated carbocycles. The Kier molecular flexibility index (Phi) is 3.26. The molecule has 2 N–H and O–H groups in total. The molecule has 1 aromatic rings. The summed E-state index contributed by atoms with van der Waals surface area (Å²) in [5.74, 6) is -2.75. The van der Waals surface area contributed by atoms with Crippen LogP contribution in [0.4, 0.5) is 8.78 Å². The predicted molar refractivity (Wildman–Crippen MR) is 63.0 cm³/mol. The second-order valence-corrected chi connectivity index (χ2v) is 4.09. The second-order valence-electron chi connectivity index (χ2n) is 4.09. The van der Waals surface area contributed by atoms with Crippen molar-refractivity contribution in [1.29, 1.82) is 0 Å². The van der Waals surface area contributed by atoms with Gasteiger partial charge in [0.1, 0.15) is 6.54 Å². The first-order valence-corrected chi connectivity index (χ1v) is 5.58. The Morgan fingerprint density at radius 3 is 2.47 bits per heavy atom. The number of benzene rings is 1. The standard InChI is InChI=1S/C12H15F2N3/c13-12(14,10-5-2-1-3-6-10)9-16-11(15)17-7-4-8-17/h1-3,5-6H,4,7-9H2,(H2,15,16). The van der Waals surface area contributed by atoms with Gasteiger partial charge < -0.3 is 10.6 Å². The van der Waals surface area contributed by atoms with Gasteiger partial charge in [0, 0.05) is 18.7 Å². The fourth-order valence-corrected chi connectivity index (χ4v) is 1.60. The molecule has 1 heterocycles. The molecule has 0 atom stereocenters. The van der Waals surface area contributed by atoms with Crippen LogP contribution in [0.1, 0.15) is 12.0 Å². The molecule has 1 aromatic carbocycles. The summed E-state index contributed by atoms with van der Waals surface area (Å²) < 4.78 is 27.4. The summed E-state index contributed by atoms with van der Waals surface area (Å²) in [6.45, 7) is 1.03. The summed E-state index contributed by atoms with van der Waals surface area (Å²) >= 11 is 0. The van der Waals surface area contributed by atoms with E-state index in [1.165, 1.54) is 12.1 Å². The van der Waals surface area contributed by atoms with Crippen molar-refractivity contribution in [3.8, 4) is 0 Å². The first-order chi connectivity index (χ1) is 8.09. The topological polar surface area (TPSA) is 41.6 Å². The van der Waals surface area contributed by atoms with E-state index in [1.807, 2.05) is 0 Å². The van der Waals surface area contributed by atoms with Crippen LogP contribution in [0.25, 0.3) is 0 Å². The highest BCUT2D eigenvalue weighted by atomic mass is 19.3. The highest BCUT2D eigenvalue weighted by Gasteiger charge is 2.31. The Morgan fingerprint density at radius 1 is 1.29 bits per heavy atom. The van der Waals surface area contributed by atoms with Crippen molar-refractivity contribution in [2.24, 2.45) is 10.7 Å². The molecule has 1 saturated heterocycles. The van der Waals surface area contributed by atoms with E-state index in [9.17, 15) is 8.78 Å². The Morgan fingerprint density at radius 2 is 1.94 bits per heavy atom. The van der Waals surface area contributed by atoms with Crippen LogP contribution in [0.15, 0.2) is 35.3 Å². The van der Waals surface area contributed by atoms with Crippen LogP contribution in [-0.2, 0) is 5.92 Å². The number of hydrogen-bond acceptors (Lipinski definition) is 1. The van der Waals surface area contributed by atoms with E-state index in [-0.39, 0.29) is 11.5 Å². The number of guanidine groups is 1. The summed E-state index contributed by atoms with van der Waals surface area (Å²) in [4.78, 5) is 5.56. The fourth-order valence-electron chi connectivity index (χ4n) is 1.60. The maximum atomic E-state index is 13.7. The van der Waals surface area contributed by atoms with Crippen molar-refractivity contribution in [2.45, 2.75) is 12.3 Å². The summed E-state index contributed by atoms with van der Waals surface area (Å²) in [5, 5.41) is 0. The normalized spacial score (nSPS) is 16.8. The molecule has 3 nitrogen and oxygen atoms in total. The Bertz CT molecular complexity index is 399. The van der Waals surface area contributed by atoms with E-state index in [0.29, 0.717) is 0 Å². The Balaban J connectivity index is 2.02. The first kappa shape index (κ1) is 11.8. The minimum Gasteiger partial charge on any atom is -0.370 e. The quantitative estimate of drug-likeness (QED) is 0.645. The maximum absolute atomic E-state index is 13.7. The lowest BCUT2D eigenvalue weighted by Crippen LogP contribution is -2.46. The average Bonchev–Trinajstić information content (AvgIpc) is 2.25. The van der Waals surface area contributed by atoms with Gasteiger partial charge in [-0.1, -0.05) is 30.3 Å². The van der Waals surface area contributed by atoms with Gasteiger partial charge in [-0.25, -0.2) is 4.99 Å². The summed E-state index contributed by atoms with van der Waals surface area (Å²) in [7, 11) is 0. The average molecular weight is 239 g/mol. The van der Waals surface area contributed by atoms with Gasteiger partial charge in [0.2, 0.25) is 0 Å². The Hall–Kier alpha value is -1.65. The largest absolute Gasteiger partial charge is 0.370 e. The molecule has 0 aliphatic carbocycles. The second kappa shape index (κ2) is 4.69. The number of halogens is 2. The minimum atomic E-state index is -2.96. The van der Waals surface area contributed by atoms with E-state index in [2.05, 4.69) is 4.99 Å². The van der Waals surface area contributed by atoms with Crippen molar-refractivity contribution in [2.75, 3.05) is 19.6 Å². The van der Waals surface area contributed by atoms with Gasteiger partial charge in [-0.2, -0.15) is 8.78 Å². The molecule has 0 amide bonds. The van der Waals surface area contributed by atoms with Gasteiger partial charge in [0.05, 0.1) is 0 Å². The van der Waals surface area contributed by atoms with Gasteiger partial charge in [-0.05, 0) is 6.42 Å². The lowest BCUT2D eigenvalue weighted by molar-refractivity contribution is 0.00615. The number of likely N-dealkylation sites (tertiary alicyclic amines) is 1. The molecule has 0 radical (unpaired) electrons. The van der Waals surface area contributed by atoms with Crippen molar-refractivity contribution < 1.29 is 8.78 Å². The molecule has 0 aromatic heterocycles. The number of nitrogens with two attached hydrogens (primary N) is 1. The van der Waals surface area contributed by atoms with E-state index in [4.69, 9.17) is 5.73 Å². The smallest absolute Gasteiger partial charge is 0.292 e. The van der Waals surface area contributed by atoms with Gasteiger partial charge >= 0.3 is 0 Å². The minimum absolute atomic E-state index is 0.0276. The third-order valence-corrected chi connectivity index (χ3v) is 2.82. The third kappa shape index (κ3) is 2.72. The fraction of sp³-hybridized carbons (Fsp3) is 0.417. The van der Waals surface area contributed by atoms with Crippen LogP contribution in [0, 0.1) is 0 Å². The summed E-state index contributed by atoms with van der Waals surface area (Å²) in [5.41, 5.74) is 5.58. The van der Waals surface area contributed by atoms with Crippen LogP contribution >= 0.6 is 0 Å². The summed E-state index contributed by atoms with van der Waals surface area (Å²) in [6, 6.07) is 7.68. The molecule has 17 heavy (non-hydrogen) atoms.